The molecule has 0 saturated heterocycles. The minimum absolute atomic E-state index is 0.217. The van der Waals surface area contributed by atoms with E-state index >= 15 is 0 Å². The van der Waals surface area contributed by atoms with Crippen molar-refractivity contribution >= 4 is 11.8 Å². The number of hydrogen-bond acceptors (Lipinski definition) is 4. The molecule has 1 atom stereocenters. The number of hydrogen-bond donors (Lipinski definition) is 2. The number of anilines is 1. The summed E-state index contributed by atoms with van der Waals surface area (Å²) in [6.07, 6.45) is 2.49. The Hall–Kier alpha value is -2.38. The van der Waals surface area contributed by atoms with E-state index in [1.165, 1.54) is 0 Å². The minimum Gasteiger partial charge on any atom is -0.338 e. The minimum atomic E-state index is -0.223. The molecule has 0 saturated carbocycles. The van der Waals surface area contributed by atoms with Crippen molar-refractivity contribution in [3.63, 3.8) is 0 Å². The highest BCUT2D eigenvalue weighted by Crippen LogP contribution is 2.20. The molecule has 2 rings (SSSR count). The third kappa shape index (κ3) is 4.56. The van der Waals surface area contributed by atoms with Gasteiger partial charge in [-0.2, -0.15) is 10.2 Å². The molecule has 8 nitrogen and oxygen atoms in total. The van der Waals surface area contributed by atoms with E-state index in [-0.39, 0.29) is 12.1 Å². The first-order valence-electron chi connectivity index (χ1n) is 8.35. The van der Waals surface area contributed by atoms with Gasteiger partial charge >= 0.3 is 6.03 Å². The van der Waals surface area contributed by atoms with Crippen LogP contribution in [0.2, 0.25) is 0 Å². The Labute approximate surface area is 142 Å². The molecule has 0 aromatic carbocycles. The number of nitrogens with zero attached hydrogens (tertiary/aromatic N) is 5. The standard InChI is InChI=1S/C16H27N7O/c1-11(2)12(3)23-15(7-9-18-23)20-16(24)17-8-6-10-22-14(5)19-13(4)21-22/h7,9,11-12H,6,8,10H2,1-5H3,(H2,17,20,24)/t12-/m1/s1. The molecule has 2 N–H and O–H groups in total. The number of carbonyl (C=O) groups is 1. The van der Waals surface area contributed by atoms with Crippen LogP contribution in [-0.4, -0.2) is 37.1 Å². The van der Waals surface area contributed by atoms with Gasteiger partial charge < -0.3 is 5.32 Å². The highest BCUT2D eigenvalue weighted by molar-refractivity contribution is 5.88. The molecule has 0 spiro atoms. The summed E-state index contributed by atoms with van der Waals surface area (Å²) in [5.41, 5.74) is 0. The Balaban J connectivity index is 1.78. The van der Waals surface area contributed by atoms with Crippen LogP contribution in [0.3, 0.4) is 0 Å². The van der Waals surface area contributed by atoms with Crippen molar-refractivity contribution in [3.8, 4) is 0 Å². The van der Waals surface area contributed by atoms with Gasteiger partial charge in [0.2, 0.25) is 0 Å². The highest BCUT2D eigenvalue weighted by Gasteiger charge is 2.15. The van der Waals surface area contributed by atoms with Gasteiger partial charge in [-0.25, -0.2) is 14.5 Å². The second-order valence-electron chi connectivity index (χ2n) is 6.31. The van der Waals surface area contributed by atoms with Gasteiger partial charge in [0.25, 0.3) is 0 Å². The summed E-state index contributed by atoms with van der Waals surface area (Å²) in [5.74, 6) is 2.80. The second kappa shape index (κ2) is 7.94. The average molecular weight is 333 g/mol. The zero-order valence-corrected chi connectivity index (χ0v) is 15.1. The maximum Gasteiger partial charge on any atom is 0.320 e. The normalized spacial score (nSPS) is 12.4. The van der Waals surface area contributed by atoms with Crippen LogP contribution in [0, 0.1) is 19.8 Å². The van der Waals surface area contributed by atoms with Crippen molar-refractivity contribution in [2.24, 2.45) is 5.92 Å². The molecule has 2 heterocycles. The van der Waals surface area contributed by atoms with E-state index in [0.717, 1.165) is 24.6 Å². The highest BCUT2D eigenvalue weighted by atomic mass is 16.2. The number of aryl methyl sites for hydroxylation is 3. The lowest BCUT2D eigenvalue weighted by Crippen LogP contribution is -2.31. The number of aromatic nitrogens is 5. The van der Waals surface area contributed by atoms with E-state index in [1.54, 1.807) is 12.3 Å². The van der Waals surface area contributed by atoms with Gasteiger partial charge in [0.15, 0.2) is 0 Å². The Morgan fingerprint density at radius 1 is 1.29 bits per heavy atom. The molecule has 2 amide bonds. The fraction of sp³-hybridized carbons (Fsp3) is 0.625. The summed E-state index contributed by atoms with van der Waals surface area (Å²) >= 11 is 0. The SMILES string of the molecule is Cc1nc(C)n(CCCNC(=O)Nc2ccnn2[C@H](C)C(C)C)n1. The molecule has 24 heavy (non-hydrogen) atoms. The summed E-state index contributed by atoms with van der Waals surface area (Å²) in [7, 11) is 0. The Morgan fingerprint density at radius 2 is 2.04 bits per heavy atom. The smallest absolute Gasteiger partial charge is 0.320 e. The van der Waals surface area contributed by atoms with Gasteiger partial charge in [-0.3, -0.25) is 10.00 Å². The fourth-order valence-corrected chi connectivity index (χ4v) is 2.38. The van der Waals surface area contributed by atoms with Gasteiger partial charge in [0, 0.05) is 19.2 Å². The lowest BCUT2D eigenvalue weighted by atomic mass is 10.1. The number of nitrogens with one attached hydrogen (secondary N) is 2. The van der Waals surface area contributed by atoms with Crippen LogP contribution in [0.5, 0.6) is 0 Å². The second-order valence-corrected chi connectivity index (χ2v) is 6.31. The summed E-state index contributed by atoms with van der Waals surface area (Å²) in [6, 6.07) is 1.80. The molecule has 0 bridgehead atoms. The predicted molar refractivity (Wildman–Crippen MR) is 92.9 cm³/mol. The molecule has 2 aromatic heterocycles. The maximum absolute atomic E-state index is 12.0. The summed E-state index contributed by atoms with van der Waals surface area (Å²) < 4.78 is 3.69. The monoisotopic (exact) mass is 333 g/mol. The Bertz CT molecular complexity index is 674. The first kappa shape index (κ1) is 18.0. The van der Waals surface area contributed by atoms with E-state index in [2.05, 4.69) is 46.6 Å². The van der Waals surface area contributed by atoms with Crippen LogP contribution in [0.1, 0.15) is 44.9 Å². The summed E-state index contributed by atoms with van der Waals surface area (Å²) in [6.45, 7) is 11.4. The molecule has 0 aliphatic rings. The van der Waals surface area contributed by atoms with E-state index in [0.29, 0.717) is 18.3 Å². The third-order valence-electron chi connectivity index (χ3n) is 4.06. The Kier molecular flexibility index (Phi) is 5.94. The molecule has 2 aromatic rings. The number of carbonyl (C=O) groups excluding carboxylic acids is 1. The summed E-state index contributed by atoms with van der Waals surface area (Å²) in [4.78, 5) is 16.3. The molecule has 0 unspecified atom stereocenters. The van der Waals surface area contributed by atoms with E-state index in [9.17, 15) is 4.79 Å². The molecule has 0 aliphatic carbocycles. The van der Waals surface area contributed by atoms with E-state index in [1.807, 2.05) is 23.2 Å². The van der Waals surface area contributed by atoms with Crippen LogP contribution in [-0.2, 0) is 6.54 Å². The van der Waals surface area contributed by atoms with Gasteiger partial charge in [0.1, 0.15) is 17.5 Å². The van der Waals surface area contributed by atoms with Crippen molar-refractivity contribution < 1.29 is 4.79 Å². The van der Waals surface area contributed by atoms with Crippen molar-refractivity contribution in [2.75, 3.05) is 11.9 Å². The van der Waals surface area contributed by atoms with Crippen LogP contribution in [0.25, 0.3) is 0 Å². The largest absolute Gasteiger partial charge is 0.338 e. The zero-order valence-electron chi connectivity index (χ0n) is 15.1. The van der Waals surface area contributed by atoms with Crippen molar-refractivity contribution in [3.05, 3.63) is 23.9 Å². The first-order chi connectivity index (χ1) is 11.4. The molecular formula is C16H27N7O. The van der Waals surface area contributed by atoms with Crippen LogP contribution >= 0.6 is 0 Å². The van der Waals surface area contributed by atoms with Gasteiger partial charge in [-0.15, -0.1) is 0 Å². The maximum atomic E-state index is 12.0. The number of urea groups is 1. The van der Waals surface area contributed by atoms with Gasteiger partial charge in [-0.05, 0) is 33.1 Å². The number of rotatable bonds is 7. The lowest BCUT2D eigenvalue weighted by molar-refractivity contribution is 0.251. The molecule has 132 valence electrons. The van der Waals surface area contributed by atoms with E-state index < -0.39 is 0 Å². The van der Waals surface area contributed by atoms with Gasteiger partial charge in [0.05, 0.1) is 12.2 Å². The van der Waals surface area contributed by atoms with Crippen LogP contribution in [0.15, 0.2) is 12.3 Å². The van der Waals surface area contributed by atoms with Gasteiger partial charge in [-0.1, -0.05) is 13.8 Å². The first-order valence-corrected chi connectivity index (χ1v) is 8.35. The fourth-order valence-electron chi connectivity index (χ4n) is 2.38. The third-order valence-corrected chi connectivity index (χ3v) is 4.06. The zero-order chi connectivity index (χ0) is 17.7. The molecule has 0 radical (unpaired) electrons. The quantitative estimate of drug-likeness (QED) is 0.762. The molecule has 0 aliphatic heterocycles. The van der Waals surface area contributed by atoms with Crippen LogP contribution in [0.4, 0.5) is 10.6 Å². The summed E-state index contributed by atoms with van der Waals surface area (Å²) in [5, 5.41) is 14.3. The topological polar surface area (TPSA) is 89.7 Å². The van der Waals surface area contributed by atoms with Crippen molar-refractivity contribution in [1.29, 1.82) is 0 Å². The Morgan fingerprint density at radius 3 is 2.67 bits per heavy atom. The lowest BCUT2D eigenvalue weighted by Gasteiger charge is -2.19. The predicted octanol–water partition coefficient (Wildman–Crippen LogP) is 2.52. The average Bonchev–Trinajstić information content (AvgIpc) is 3.09. The number of amides is 2. The van der Waals surface area contributed by atoms with Crippen LogP contribution < -0.4 is 10.6 Å². The van der Waals surface area contributed by atoms with E-state index in [4.69, 9.17) is 0 Å². The van der Waals surface area contributed by atoms with Crippen molar-refractivity contribution in [1.82, 2.24) is 29.9 Å². The molecule has 0 fully saturated rings. The molecule has 8 heteroatoms. The van der Waals surface area contributed by atoms with Crippen molar-refractivity contribution in [2.45, 2.75) is 53.6 Å². The molecular weight excluding hydrogens is 306 g/mol.